The Bertz CT molecular complexity index is 628. The Morgan fingerprint density at radius 2 is 2.04 bits per heavy atom. The second-order valence-corrected chi connectivity index (χ2v) is 6.90. The second-order valence-electron chi connectivity index (χ2n) is 6.90. The van der Waals surface area contributed by atoms with Crippen LogP contribution < -0.4 is 10.1 Å². The van der Waals surface area contributed by atoms with Gasteiger partial charge in [0.2, 0.25) is 6.04 Å². The van der Waals surface area contributed by atoms with E-state index < -0.39 is 35.4 Å². The number of hydrogen-bond acceptors (Lipinski definition) is 7. The number of aromatic nitrogens is 1. The molecule has 1 aliphatic rings. The highest BCUT2D eigenvalue weighted by molar-refractivity contribution is 5.77. The summed E-state index contributed by atoms with van der Waals surface area (Å²) < 4.78 is 10.1. The standard InChI is InChI=1S/C16H23N3O5/c1-16(2,3)10-12(15(20)24-5)18-13(14(10)19(21)22)11-9(23-4)7-6-8-17-11/h6-8,10,12-14,18H,1-5H3. The molecule has 1 aromatic rings. The molecule has 0 aliphatic carbocycles. The molecule has 24 heavy (non-hydrogen) atoms. The van der Waals surface area contributed by atoms with Crippen LogP contribution in [-0.4, -0.2) is 42.2 Å². The van der Waals surface area contributed by atoms with Crippen molar-refractivity contribution in [2.45, 2.75) is 38.9 Å². The van der Waals surface area contributed by atoms with E-state index in [0.29, 0.717) is 11.4 Å². The summed E-state index contributed by atoms with van der Waals surface area (Å²) in [6.07, 6.45) is 1.55. The van der Waals surface area contributed by atoms with Crippen LogP contribution in [0.1, 0.15) is 32.5 Å². The third kappa shape index (κ3) is 3.19. The lowest BCUT2D eigenvalue weighted by atomic mass is 9.73. The molecule has 0 spiro atoms. The van der Waals surface area contributed by atoms with E-state index >= 15 is 0 Å². The third-order valence-electron chi connectivity index (χ3n) is 4.44. The highest BCUT2D eigenvalue weighted by atomic mass is 16.6. The topological polar surface area (TPSA) is 104 Å². The molecule has 1 aliphatic heterocycles. The van der Waals surface area contributed by atoms with Gasteiger partial charge in [-0.25, -0.2) is 0 Å². The summed E-state index contributed by atoms with van der Waals surface area (Å²) in [6, 6.07) is 0.820. The number of pyridine rings is 1. The Kier molecular flexibility index (Phi) is 5.08. The normalized spacial score (nSPS) is 26.9. The minimum absolute atomic E-state index is 0.343. The fourth-order valence-electron chi connectivity index (χ4n) is 3.46. The average molecular weight is 337 g/mol. The van der Waals surface area contributed by atoms with Crippen molar-refractivity contribution in [2.24, 2.45) is 11.3 Å². The molecule has 1 aromatic heterocycles. The molecule has 1 N–H and O–H groups in total. The fourth-order valence-corrected chi connectivity index (χ4v) is 3.46. The van der Waals surface area contributed by atoms with Gasteiger partial charge in [-0.1, -0.05) is 20.8 Å². The fraction of sp³-hybridized carbons (Fsp3) is 0.625. The maximum absolute atomic E-state index is 12.2. The van der Waals surface area contributed by atoms with E-state index in [2.05, 4.69) is 10.3 Å². The first-order valence-electron chi connectivity index (χ1n) is 7.68. The third-order valence-corrected chi connectivity index (χ3v) is 4.44. The molecule has 0 amide bonds. The Balaban J connectivity index is 2.55. The molecular weight excluding hydrogens is 314 g/mol. The van der Waals surface area contributed by atoms with Crippen LogP contribution in [-0.2, 0) is 9.53 Å². The predicted molar refractivity (Wildman–Crippen MR) is 86.2 cm³/mol. The SMILES string of the molecule is COC(=O)C1NC(c2ncccc2OC)C([N+](=O)[O-])C1C(C)(C)C. The molecule has 0 aromatic carbocycles. The van der Waals surface area contributed by atoms with Crippen LogP contribution in [0.2, 0.25) is 0 Å². The molecule has 1 fully saturated rings. The molecule has 4 atom stereocenters. The number of ether oxygens (including phenoxy) is 2. The number of carbonyl (C=O) groups excluding carboxylic acids is 1. The van der Waals surface area contributed by atoms with Gasteiger partial charge in [-0.2, -0.15) is 0 Å². The zero-order chi connectivity index (χ0) is 18.1. The minimum atomic E-state index is -1.03. The monoisotopic (exact) mass is 337 g/mol. The Morgan fingerprint density at radius 3 is 2.54 bits per heavy atom. The number of nitrogens with zero attached hydrogens (tertiary/aromatic N) is 2. The molecular formula is C16H23N3O5. The van der Waals surface area contributed by atoms with E-state index in [-0.39, 0.29) is 4.92 Å². The quantitative estimate of drug-likeness (QED) is 0.505. The number of hydrogen-bond donors (Lipinski definition) is 1. The molecule has 132 valence electrons. The van der Waals surface area contributed by atoms with Crippen molar-refractivity contribution in [3.8, 4) is 5.75 Å². The summed E-state index contributed by atoms with van der Waals surface area (Å²) in [7, 11) is 2.76. The number of rotatable bonds is 4. The Hall–Kier alpha value is -2.22. The average Bonchev–Trinajstić information content (AvgIpc) is 2.94. The maximum atomic E-state index is 12.2. The zero-order valence-corrected chi connectivity index (χ0v) is 14.5. The van der Waals surface area contributed by atoms with Gasteiger partial charge >= 0.3 is 5.97 Å². The smallest absolute Gasteiger partial charge is 0.323 e. The number of nitrogens with one attached hydrogen (secondary N) is 1. The summed E-state index contributed by atoms with van der Waals surface area (Å²) in [4.78, 5) is 28.0. The largest absolute Gasteiger partial charge is 0.495 e. The zero-order valence-electron chi connectivity index (χ0n) is 14.5. The van der Waals surface area contributed by atoms with E-state index in [0.717, 1.165) is 0 Å². The molecule has 0 saturated carbocycles. The lowest BCUT2D eigenvalue weighted by Gasteiger charge is -2.31. The van der Waals surface area contributed by atoms with Gasteiger partial charge < -0.3 is 9.47 Å². The van der Waals surface area contributed by atoms with Crippen molar-refractivity contribution in [3.63, 3.8) is 0 Å². The summed E-state index contributed by atoms with van der Waals surface area (Å²) in [5, 5.41) is 14.9. The minimum Gasteiger partial charge on any atom is -0.495 e. The molecule has 4 unspecified atom stereocenters. The van der Waals surface area contributed by atoms with E-state index in [1.165, 1.54) is 14.2 Å². The van der Waals surface area contributed by atoms with Crippen LogP contribution in [0.15, 0.2) is 18.3 Å². The van der Waals surface area contributed by atoms with Crippen molar-refractivity contribution in [1.82, 2.24) is 10.3 Å². The molecule has 8 nitrogen and oxygen atoms in total. The number of esters is 1. The van der Waals surface area contributed by atoms with E-state index in [1.54, 1.807) is 18.3 Å². The summed E-state index contributed by atoms with van der Waals surface area (Å²) in [6.45, 7) is 5.64. The van der Waals surface area contributed by atoms with E-state index in [9.17, 15) is 14.9 Å². The van der Waals surface area contributed by atoms with Crippen molar-refractivity contribution >= 4 is 5.97 Å². The van der Waals surface area contributed by atoms with Gasteiger partial charge in [0, 0.05) is 11.1 Å². The van der Waals surface area contributed by atoms with Crippen LogP contribution in [0.3, 0.4) is 0 Å². The van der Waals surface area contributed by atoms with Gasteiger partial charge in [0.15, 0.2) is 0 Å². The van der Waals surface area contributed by atoms with Crippen molar-refractivity contribution in [2.75, 3.05) is 14.2 Å². The van der Waals surface area contributed by atoms with Crippen LogP contribution >= 0.6 is 0 Å². The lowest BCUT2D eigenvalue weighted by molar-refractivity contribution is -0.535. The highest BCUT2D eigenvalue weighted by Gasteiger charge is 2.59. The van der Waals surface area contributed by atoms with Crippen LogP contribution in [0.5, 0.6) is 5.75 Å². The molecule has 2 rings (SSSR count). The van der Waals surface area contributed by atoms with Crippen LogP contribution in [0, 0.1) is 21.4 Å². The number of nitro groups is 1. The summed E-state index contributed by atoms with van der Waals surface area (Å²) in [5.41, 5.74) is -0.0669. The summed E-state index contributed by atoms with van der Waals surface area (Å²) >= 11 is 0. The number of carbonyl (C=O) groups is 1. The van der Waals surface area contributed by atoms with Gasteiger partial charge in [0.05, 0.1) is 20.1 Å². The van der Waals surface area contributed by atoms with Gasteiger partial charge in [-0.05, 0) is 17.5 Å². The van der Waals surface area contributed by atoms with E-state index in [1.807, 2.05) is 20.8 Å². The van der Waals surface area contributed by atoms with Gasteiger partial charge in [0.1, 0.15) is 23.5 Å². The van der Waals surface area contributed by atoms with Crippen molar-refractivity contribution in [1.29, 1.82) is 0 Å². The molecule has 0 bridgehead atoms. The lowest BCUT2D eigenvalue weighted by Crippen LogP contribution is -2.45. The van der Waals surface area contributed by atoms with Crippen molar-refractivity contribution < 1.29 is 19.2 Å². The summed E-state index contributed by atoms with van der Waals surface area (Å²) in [5.74, 6) is -0.629. The van der Waals surface area contributed by atoms with Crippen LogP contribution in [0.25, 0.3) is 0 Å². The van der Waals surface area contributed by atoms with Gasteiger partial charge in [-0.3, -0.25) is 25.2 Å². The highest BCUT2D eigenvalue weighted by Crippen LogP contribution is 2.44. The molecule has 2 heterocycles. The van der Waals surface area contributed by atoms with E-state index in [4.69, 9.17) is 9.47 Å². The Labute approximate surface area is 140 Å². The Morgan fingerprint density at radius 1 is 1.38 bits per heavy atom. The maximum Gasteiger partial charge on any atom is 0.323 e. The van der Waals surface area contributed by atoms with Gasteiger partial charge in [-0.15, -0.1) is 0 Å². The predicted octanol–water partition coefficient (Wildman–Crippen LogP) is 1.58. The second kappa shape index (κ2) is 6.72. The molecule has 0 radical (unpaired) electrons. The molecule has 1 saturated heterocycles. The first kappa shape index (κ1) is 18.1. The number of methoxy groups -OCH3 is 2. The van der Waals surface area contributed by atoms with Gasteiger partial charge in [0.25, 0.3) is 0 Å². The first-order chi connectivity index (χ1) is 11.2. The van der Waals surface area contributed by atoms with Crippen molar-refractivity contribution in [3.05, 3.63) is 34.1 Å². The first-order valence-corrected chi connectivity index (χ1v) is 7.68. The van der Waals surface area contributed by atoms with Crippen LogP contribution in [0.4, 0.5) is 0 Å². The molecule has 8 heteroatoms.